The molecule has 4 nitrogen and oxygen atoms in total. The van der Waals surface area contributed by atoms with Crippen LogP contribution in [0.25, 0.3) is 0 Å². The Hall–Kier alpha value is -1.10. The lowest BCUT2D eigenvalue weighted by Gasteiger charge is -2.06. The van der Waals surface area contributed by atoms with E-state index in [4.69, 9.17) is 9.84 Å². The summed E-state index contributed by atoms with van der Waals surface area (Å²) in [5.41, 5.74) is 0.903. The fourth-order valence-corrected chi connectivity index (χ4v) is 1.55. The third kappa shape index (κ3) is 4.29. The standard InChI is InChI=1S/C10H12BrNO3/c1-7-4-5-8(10(11)12-7)15-6-2-3-9(13)14/h4-5H,2-3,6H2,1H3,(H,13,14). The number of carbonyl (C=O) groups is 1. The molecule has 1 aromatic heterocycles. The summed E-state index contributed by atoms with van der Waals surface area (Å²) in [6.07, 6.45) is 0.618. The third-order valence-electron chi connectivity index (χ3n) is 1.75. The molecule has 0 saturated heterocycles. The van der Waals surface area contributed by atoms with Crippen molar-refractivity contribution in [1.29, 1.82) is 0 Å². The summed E-state index contributed by atoms with van der Waals surface area (Å²) in [4.78, 5) is 14.4. The van der Waals surface area contributed by atoms with Crippen LogP contribution in [0.3, 0.4) is 0 Å². The van der Waals surface area contributed by atoms with Gasteiger partial charge in [-0.2, -0.15) is 0 Å². The molecule has 1 N–H and O–H groups in total. The first-order valence-corrected chi connectivity index (χ1v) is 5.36. The Bertz CT molecular complexity index is 355. The van der Waals surface area contributed by atoms with E-state index in [0.29, 0.717) is 23.4 Å². The Morgan fingerprint density at radius 3 is 2.93 bits per heavy atom. The quantitative estimate of drug-likeness (QED) is 0.661. The van der Waals surface area contributed by atoms with Crippen molar-refractivity contribution in [2.75, 3.05) is 6.61 Å². The molecule has 0 unspecified atom stereocenters. The molecule has 82 valence electrons. The monoisotopic (exact) mass is 273 g/mol. The second-order valence-corrected chi connectivity index (χ2v) is 3.84. The third-order valence-corrected chi connectivity index (χ3v) is 2.31. The molecular formula is C10H12BrNO3. The van der Waals surface area contributed by atoms with E-state index < -0.39 is 5.97 Å². The summed E-state index contributed by atoms with van der Waals surface area (Å²) in [6, 6.07) is 3.66. The molecule has 1 aromatic rings. The van der Waals surface area contributed by atoms with Crippen molar-refractivity contribution in [3.63, 3.8) is 0 Å². The number of carboxylic acid groups (broad SMARTS) is 1. The lowest BCUT2D eigenvalue weighted by atomic mass is 10.3. The van der Waals surface area contributed by atoms with Crippen LogP contribution in [0.15, 0.2) is 16.7 Å². The number of pyridine rings is 1. The first kappa shape index (κ1) is 12.0. The van der Waals surface area contributed by atoms with E-state index in [0.717, 1.165) is 5.69 Å². The van der Waals surface area contributed by atoms with Crippen LogP contribution in [0.2, 0.25) is 0 Å². The summed E-state index contributed by atoms with van der Waals surface area (Å²) >= 11 is 3.28. The van der Waals surface area contributed by atoms with Crippen LogP contribution in [0, 0.1) is 6.92 Å². The highest BCUT2D eigenvalue weighted by Crippen LogP contribution is 2.22. The molecule has 0 radical (unpaired) electrons. The Labute approximate surface area is 96.4 Å². The summed E-state index contributed by atoms with van der Waals surface area (Å²) < 4.78 is 6.02. The number of halogens is 1. The molecule has 0 aliphatic rings. The minimum Gasteiger partial charge on any atom is -0.491 e. The zero-order chi connectivity index (χ0) is 11.3. The van der Waals surface area contributed by atoms with Gasteiger partial charge in [-0.05, 0) is 41.4 Å². The number of hydrogen-bond donors (Lipinski definition) is 1. The molecule has 1 heterocycles. The molecule has 0 atom stereocenters. The van der Waals surface area contributed by atoms with E-state index in [1.807, 2.05) is 19.1 Å². The molecule has 0 aliphatic carbocycles. The Morgan fingerprint density at radius 2 is 2.33 bits per heavy atom. The maximum Gasteiger partial charge on any atom is 0.303 e. The number of rotatable bonds is 5. The molecule has 0 bridgehead atoms. The second-order valence-electron chi connectivity index (χ2n) is 3.09. The van der Waals surface area contributed by atoms with Gasteiger partial charge in [-0.15, -0.1) is 0 Å². The van der Waals surface area contributed by atoms with Crippen LogP contribution in [-0.4, -0.2) is 22.7 Å². The van der Waals surface area contributed by atoms with Gasteiger partial charge < -0.3 is 9.84 Å². The maximum atomic E-state index is 10.2. The molecular weight excluding hydrogens is 262 g/mol. The van der Waals surface area contributed by atoms with Gasteiger partial charge in [0.2, 0.25) is 0 Å². The number of aryl methyl sites for hydroxylation is 1. The molecule has 1 rings (SSSR count). The summed E-state index contributed by atoms with van der Waals surface area (Å²) in [6.45, 7) is 2.27. The van der Waals surface area contributed by atoms with Gasteiger partial charge >= 0.3 is 5.97 Å². The summed E-state index contributed by atoms with van der Waals surface area (Å²) in [7, 11) is 0. The van der Waals surface area contributed by atoms with Crippen molar-refractivity contribution >= 4 is 21.9 Å². The smallest absolute Gasteiger partial charge is 0.303 e. The highest BCUT2D eigenvalue weighted by Gasteiger charge is 2.03. The highest BCUT2D eigenvalue weighted by atomic mass is 79.9. The van der Waals surface area contributed by atoms with E-state index >= 15 is 0 Å². The largest absolute Gasteiger partial charge is 0.491 e. The first-order chi connectivity index (χ1) is 7.09. The number of aromatic nitrogens is 1. The van der Waals surface area contributed by atoms with Gasteiger partial charge in [0, 0.05) is 12.1 Å². The number of nitrogens with zero attached hydrogens (tertiary/aromatic N) is 1. The molecule has 0 aliphatic heterocycles. The van der Waals surface area contributed by atoms with Crippen LogP contribution in [-0.2, 0) is 4.79 Å². The van der Waals surface area contributed by atoms with E-state index in [2.05, 4.69) is 20.9 Å². The maximum absolute atomic E-state index is 10.2. The van der Waals surface area contributed by atoms with Crippen LogP contribution >= 0.6 is 15.9 Å². The highest BCUT2D eigenvalue weighted by molar-refractivity contribution is 9.10. The summed E-state index contributed by atoms with van der Waals surface area (Å²) in [5, 5.41) is 8.42. The fraction of sp³-hybridized carbons (Fsp3) is 0.400. The normalized spacial score (nSPS) is 10.0. The molecule has 0 fully saturated rings. The van der Waals surface area contributed by atoms with Crippen molar-refractivity contribution in [2.24, 2.45) is 0 Å². The van der Waals surface area contributed by atoms with Gasteiger partial charge in [0.1, 0.15) is 4.60 Å². The van der Waals surface area contributed by atoms with Crippen molar-refractivity contribution in [3.05, 3.63) is 22.4 Å². The Morgan fingerprint density at radius 1 is 1.60 bits per heavy atom. The van der Waals surface area contributed by atoms with Gasteiger partial charge in [0.25, 0.3) is 0 Å². The fourth-order valence-electron chi connectivity index (χ4n) is 1.03. The van der Waals surface area contributed by atoms with Crippen LogP contribution in [0.4, 0.5) is 0 Å². The molecule has 15 heavy (non-hydrogen) atoms. The average Bonchev–Trinajstić information content (AvgIpc) is 2.14. The van der Waals surface area contributed by atoms with E-state index in [-0.39, 0.29) is 6.42 Å². The first-order valence-electron chi connectivity index (χ1n) is 4.57. The lowest BCUT2D eigenvalue weighted by Crippen LogP contribution is -2.02. The minimum atomic E-state index is -0.806. The predicted octanol–water partition coefficient (Wildman–Crippen LogP) is 2.40. The topological polar surface area (TPSA) is 59.4 Å². The van der Waals surface area contributed by atoms with Gasteiger partial charge in [-0.3, -0.25) is 4.79 Å². The van der Waals surface area contributed by atoms with Crippen molar-refractivity contribution in [2.45, 2.75) is 19.8 Å². The van der Waals surface area contributed by atoms with Crippen molar-refractivity contribution in [3.8, 4) is 5.75 Å². The molecule has 5 heteroatoms. The van der Waals surface area contributed by atoms with Crippen molar-refractivity contribution < 1.29 is 14.6 Å². The second kappa shape index (κ2) is 5.70. The Balaban J connectivity index is 2.40. The number of carboxylic acids is 1. The molecule has 0 spiro atoms. The zero-order valence-electron chi connectivity index (χ0n) is 8.36. The number of aliphatic carboxylic acids is 1. The van der Waals surface area contributed by atoms with Crippen LogP contribution in [0.5, 0.6) is 5.75 Å². The van der Waals surface area contributed by atoms with Gasteiger partial charge in [-0.25, -0.2) is 4.98 Å². The van der Waals surface area contributed by atoms with E-state index in [1.165, 1.54) is 0 Å². The van der Waals surface area contributed by atoms with Crippen LogP contribution in [0.1, 0.15) is 18.5 Å². The summed E-state index contributed by atoms with van der Waals surface area (Å²) in [5.74, 6) is -0.161. The average molecular weight is 274 g/mol. The molecule has 0 saturated carbocycles. The minimum absolute atomic E-state index is 0.122. The number of ether oxygens (including phenoxy) is 1. The predicted molar refractivity (Wildman–Crippen MR) is 59.0 cm³/mol. The Kier molecular flexibility index (Phi) is 4.55. The number of hydrogen-bond acceptors (Lipinski definition) is 3. The van der Waals surface area contributed by atoms with Crippen LogP contribution < -0.4 is 4.74 Å². The van der Waals surface area contributed by atoms with Gasteiger partial charge in [0.15, 0.2) is 5.75 Å². The molecule has 0 aromatic carbocycles. The zero-order valence-corrected chi connectivity index (χ0v) is 9.95. The van der Waals surface area contributed by atoms with Gasteiger partial charge in [-0.1, -0.05) is 0 Å². The van der Waals surface area contributed by atoms with E-state index in [1.54, 1.807) is 0 Å². The van der Waals surface area contributed by atoms with E-state index in [9.17, 15) is 4.79 Å². The van der Waals surface area contributed by atoms with Crippen molar-refractivity contribution in [1.82, 2.24) is 4.98 Å². The molecule has 0 amide bonds. The lowest BCUT2D eigenvalue weighted by molar-refractivity contribution is -0.137. The van der Waals surface area contributed by atoms with Gasteiger partial charge in [0.05, 0.1) is 6.61 Å². The SMILES string of the molecule is Cc1ccc(OCCCC(=O)O)c(Br)n1.